The first kappa shape index (κ1) is 24.9. The van der Waals surface area contributed by atoms with Gasteiger partial charge in [0.15, 0.2) is 0 Å². The smallest absolute Gasteiger partial charge is 0.268 e. The van der Waals surface area contributed by atoms with Crippen LogP contribution in [0, 0.1) is 6.92 Å². The highest BCUT2D eigenvalue weighted by molar-refractivity contribution is 7.93. The molecule has 180 valence electrons. The van der Waals surface area contributed by atoms with Crippen molar-refractivity contribution in [1.82, 2.24) is 0 Å². The number of sulfonamides is 1. The average molecular weight is 485 g/mol. The van der Waals surface area contributed by atoms with Gasteiger partial charge in [-0.2, -0.15) is 0 Å². The number of hydrogen-bond donors (Lipinski definition) is 0. The number of aryl methyl sites for hydroxylation is 1. The number of nitrogens with zero attached hydrogens (tertiary/aromatic N) is 2. The maximum atomic E-state index is 13.9. The lowest BCUT2D eigenvalue weighted by atomic mass is 10.2. The standard InChI is InChI=1S/C25H28N2O6S/c1-18-9-14-23(33-5)24(15-18)34(29,30)27(20-7-6-8-22(16-20)32-4)17-25(28)26(2)19-10-12-21(31-3)13-11-19/h6-16H,17H2,1-5H3. The summed E-state index contributed by atoms with van der Waals surface area (Å²) >= 11 is 0. The summed E-state index contributed by atoms with van der Waals surface area (Å²) in [7, 11) is 1.86. The minimum Gasteiger partial charge on any atom is -0.497 e. The summed E-state index contributed by atoms with van der Waals surface area (Å²) in [6.07, 6.45) is 0. The number of amides is 1. The van der Waals surface area contributed by atoms with Gasteiger partial charge in [0, 0.05) is 18.8 Å². The van der Waals surface area contributed by atoms with Gasteiger partial charge < -0.3 is 19.1 Å². The van der Waals surface area contributed by atoms with Gasteiger partial charge in [0.25, 0.3) is 10.0 Å². The molecule has 0 radical (unpaired) electrons. The largest absolute Gasteiger partial charge is 0.497 e. The summed E-state index contributed by atoms with van der Waals surface area (Å²) in [5, 5.41) is 0. The van der Waals surface area contributed by atoms with E-state index in [0.717, 1.165) is 9.87 Å². The summed E-state index contributed by atoms with van der Waals surface area (Å²) in [5.74, 6) is 0.874. The van der Waals surface area contributed by atoms with Gasteiger partial charge in [-0.25, -0.2) is 8.42 Å². The van der Waals surface area contributed by atoms with Crippen molar-refractivity contribution in [3.8, 4) is 17.2 Å². The lowest BCUT2D eigenvalue weighted by Crippen LogP contribution is -2.42. The maximum absolute atomic E-state index is 13.9. The molecule has 0 N–H and O–H groups in total. The van der Waals surface area contributed by atoms with Crippen LogP contribution in [0.3, 0.4) is 0 Å². The van der Waals surface area contributed by atoms with E-state index in [9.17, 15) is 13.2 Å². The molecule has 3 rings (SSSR count). The Kier molecular flexibility index (Phi) is 7.68. The van der Waals surface area contributed by atoms with Gasteiger partial charge in [-0.15, -0.1) is 0 Å². The van der Waals surface area contributed by atoms with Gasteiger partial charge in [0.1, 0.15) is 28.7 Å². The SMILES string of the molecule is COc1ccc(N(C)C(=O)CN(c2cccc(OC)c2)S(=O)(=O)c2cc(C)ccc2OC)cc1. The van der Waals surface area contributed by atoms with Crippen molar-refractivity contribution in [3.05, 3.63) is 72.3 Å². The van der Waals surface area contributed by atoms with Crippen molar-refractivity contribution in [2.75, 3.05) is 44.1 Å². The zero-order valence-electron chi connectivity index (χ0n) is 19.8. The van der Waals surface area contributed by atoms with E-state index in [1.54, 1.807) is 81.7 Å². The number of benzene rings is 3. The molecule has 3 aromatic carbocycles. The van der Waals surface area contributed by atoms with Crippen molar-refractivity contribution in [2.24, 2.45) is 0 Å². The lowest BCUT2D eigenvalue weighted by molar-refractivity contribution is -0.116. The first-order chi connectivity index (χ1) is 16.2. The van der Waals surface area contributed by atoms with E-state index >= 15 is 0 Å². The fraction of sp³-hybridized carbons (Fsp3) is 0.240. The second-order valence-corrected chi connectivity index (χ2v) is 9.35. The van der Waals surface area contributed by atoms with Crippen LogP contribution < -0.4 is 23.4 Å². The molecule has 3 aromatic rings. The lowest BCUT2D eigenvalue weighted by Gasteiger charge is -2.27. The maximum Gasteiger partial charge on any atom is 0.268 e. The predicted octanol–water partition coefficient (Wildman–Crippen LogP) is 3.88. The van der Waals surface area contributed by atoms with Crippen LogP contribution in [-0.2, 0) is 14.8 Å². The molecule has 9 heteroatoms. The molecule has 1 amide bonds. The van der Waals surface area contributed by atoms with Crippen LogP contribution in [0.25, 0.3) is 0 Å². The van der Waals surface area contributed by atoms with Gasteiger partial charge in [0.05, 0.1) is 27.0 Å². The molecular weight excluding hydrogens is 456 g/mol. The normalized spacial score (nSPS) is 11.0. The summed E-state index contributed by atoms with van der Waals surface area (Å²) in [4.78, 5) is 14.6. The van der Waals surface area contributed by atoms with Crippen molar-refractivity contribution < 1.29 is 27.4 Å². The van der Waals surface area contributed by atoms with Crippen molar-refractivity contribution >= 4 is 27.3 Å². The topological polar surface area (TPSA) is 85.4 Å². The minimum absolute atomic E-state index is 0.0299. The number of rotatable bonds is 9. The highest BCUT2D eigenvalue weighted by atomic mass is 32.2. The van der Waals surface area contributed by atoms with Crippen LogP contribution in [0.2, 0.25) is 0 Å². The van der Waals surface area contributed by atoms with E-state index in [0.29, 0.717) is 22.9 Å². The number of carbonyl (C=O) groups is 1. The zero-order valence-corrected chi connectivity index (χ0v) is 20.6. The fourth-order valence-electron chi connectivity index (χ4n) is 3.36. The van der Waals surface area contributed by atoms with Gasteiger partial charge in [-0.3, -0.25) is 9.10 Å². The molecule has 0 fully saturated rings. The van der Waals surface area contributed by atoms with Crippen molar-refractivity contribution in [3.63, 3.8) is 0 Å². The Morgan fingerprint density at radius 3 is 2.12 bits per heavy atom. The average Bonchev–Trinajstić information content (AvgIpc) is 2.86. The highest BCUT2D eigenvalue weighted by Gasteiger charge is 2.31. The fourth-order valence-corrected chi connectivity index (χ4v) is 5.01. The Labute approximate surface area is 200 Å². The molecule has 0 heterocycles. The quantitative estimate of drug-likeness (QED) is 0.458. The molecule has 0 aliphatic heterocycles. The third kappa shape index (κ3) is 5.26. The van der Waals surface area contributed by atoms with Gasteiger partial charge in [-0.1, -0.05) is 12.1 Å². The number of ether oxygens (including phenoxy) is 3. The molecule has 0 atom stereocenters. The predicted molar refractivity (Wildman–Crippen MR) is 132 cm³/mol. The number of likely N-dealkylation sites (N-methyl/N-ethyl adjacent to an activating group) is 1. The molecule has 0 saturated carbocycles. The van der Waals surface area contributed by atoms with Crippen LogP contribution in [0.4, 0.5) is 11.4 Å². The zero-order chi connectivity index (χ0) is 24.9. The highest BCUT2D eigenvalue weighted by Crippen LogP contribution is 2.32. The van der Waals surface area contributed by atoms with E-state index in [1.165, 1.54) is 25.2 Å². The molecule has 0 spiro atoms. The van der Waals surface area contributed by atoms with Crippen LogP contribution >= 0.6 is 0 Å². The van der Waals surface area contributed by atoms with E-state index < -0.39 is 22.5 Å². The Morgan fingerprint density at radius 2 is 1.50 bits per heavy atom. The van der Waals surface area contributed by atoms with E-state index in [2.05, 4.69) is 0 Å². The number of anilines is 2. The molecule has 0 unspecified atom stereocenters. The molecule has 34 heavy (non-hydrogen) atoms. The molecule has 0 saturated heterocycles. The molecular formula is C25H28N2O6S. The first-order valence-corrected chi connectivity index (χ1v) is 11.9. The Hall–Kier alpha value is -3.72. The Bertz CT molecular complexity index is 1260. The van der Waals surface area contributed by atoms with E-state index in [1.807, 2.05) is 0 Å². The van der Waals surface area contributed by atoms with Crippen LogP contribution in [0.15, 0.2) is 71.6 Å². The van der Waals surface area contributed by atoms with Gasteiger partial charge in [0.2, 0.25) is 5.91 Å². The molecule has 0 aliphatic carbocycles. The Morgan fingerprint density at radius 1 is 0.824 bits per heavy atom. The van der Waals surface area contributed by atoms with Gasteiger partial charge in [-0.05, 0) is 61.0 Å². The third-order valence-corrected chi connectivity index (χ3v) is 7.14. The third-order valence-electron chi connectivity index (χ3n) is 5.34. The summed E-state index contributed by atoms with van der Waals surface area (Å²) in [6, 6.07) is 18.3. The van der Waals surface area contributed by atoms with Crippen LogP contribution in [0.5, 0.6) is 17.2 Å². The summed E-state index contributed by atoms with van der Waals surface area (Å²) in [5.41, 5.74) is 1.63. The van der Waals surface area contributed by atoms with Crippen LogP contribution in [-0.4, -0.2) is 49.2 Å². The second-order valence-electron chi connectivity index (χ2n) is 7.52. The van der Waals surface area contributed by atoms with Gasteiger partial charge >= 0.3 is 0 Å². The number of methoxy groups -OCH3 is 3. The summed E-state index contributed by atoms with van der Waals surface area (Å²) in [6.45, 7) is 1.35. The number of hydrogen-bond acceptors (Lipinski definition) is 6. The van der Waals surface area contributed by atoms with E-state index in [4.69, 9.17) is 14.2 Å². The summed E-state index contributed by atoms with van der Waals surface area (Å²) < 4.78 is 44.6. The molecule has 8 nitrogen and oxygen atoms in total. The monoisotopic (exact) mass is 484 g/mol. The number of carbonyl (C=O) groups excluding carboxylic acids is 1. The molecule has 0 aromatic heterocycles. The van der Waals surface area contributed by atoms with Crippen molar-refractivity contribution in [1.29, 1.82) is 0 Å². The molecule has 0 aliphatic rings. The second kappa shape index (κ2) is 10.5. The first-order valence-electron chi connectivity index (χ1n) is 10.4. The Balaban J connectivity index is 2.05. The minimum atomic E-state index is -4.18. The van der Waals surface area contributed by atoms with Crippen LogP contribution in [0.1, 0.15) is 5.56 Å². The van der Waals surface area contributed by atoms with Crippen molar-refractivity contribution in [2.45, 2.75) is 11.8 Å². The van der Waals surface area contributed by atoms with E-state index in [-0.39, 0.29) is 10.6 Å². The molecule has 0 bridgehead atoms.